The second-order valence-electron chi connectivity index (χ2n) is 10.8. The first-order valence-electron chi connectivity index (χ1n) is 13.6. The van der Waals surface area contributed by atoms with Gasteiger partial charge in [0.1, 0.15) is 12.6 Å². The fourth-order valence-electron chi connectivity index (χ4n) is 4.46. The number of nitrogens with zero attached hydrogens (tertiary/aromatic N) is 2. The molecule has 232 valence electrons. The summed E-state index contributed by atoms with van der Waals surface area (Å²) in [5.41, 5.74) is 0.731. The van der Waals surface area contributed by atoms with Crippen LogP contribution in [0.15, 0.2) is 72.8 Å². The molecule has 0 fully saturated rings. The predicted molar refractivity (Wildman–Crippen MR) is 162 cm³/mol. The first-order chi connectivity index (χ1) is 20.1. The highest BCUT2D eigenvalue weighted by Crippen LogP contribution is 2.36. The van der Waals surface area contributed by atoms with Crippen LogP contribution in [-0.2, 0) is 38.8 Å². The van der Waals surface area contributed by atoms with Crippen molar-refractivity contribution in [1.29, 1.82) is 0 Å². The molecule has 0 heterocycles. The van der Waals surface area contributed by atoms with E-state index in [9.17, 15) is 31.2 Å². The van der Waals surface area contributed by atoms with Crippen molar-refractivity contribution >= 4 is 39.1 Å². The zero-order chi connectivity index (χ0) is 31.9. The third-order valence-electron chi connectivity index (χ3n) is 6.61. The number of sulfonamides is 1. The van der Waals surface area contributed by atoms with Gasteiger partial charge in [0.2, 0.25) is 21.8 Å². The van der Waals surface area contributed by atoms with Gasteiger partial charge in [-0.05, 0) is 42.2 Å². The van der Waals surface area contributed by atoms with Gasteiger partial charge in [-0.2, -0.15) is 13.2 Å². The Balaban J connectivity index is 2.11. The monoisotopic (exact) mass is 637 g/mol. The molecule has 0 aromatic heterocycles. The molecule has 43 heavy (non-hydrogen) atoms. The molecule has 0 saturated heterocycles. The Bertz CT molecular complexity index is 1530. The predicted octanol–water partition coefficient (Wildman–Crippen LogP) is 5.85. The topological polar surface area (TPSA) is 86.8 Å². The van der Waals surface area contributed by atoms with Crippen LogP contribution in [0, 0.1) is 12.8 Å². The van der Waals surface area contributed by atoms with Crippen molar-refractivity contribution in [2.75, 3.05) is 23.7 Å². The fraction of sp³-hybridized carbons (Fsp3) is 0.355. The van der Waals surface area contributed by atoms with Crippen LogP contribution >= 0.6 is 11.6 Å². The van der Waals surface area contributed by atoms with Gasteiger partial charge in [0.25, 0.3) is 0 Å². The highest BCUT2D eigenvalue weighted by Gasteiger charge is 2.36. The largest absolute Gasteiger partial charge is 0.416 e. The number of hydrogen-bond donors (Lipinski definition) is 1. The average molecular weight is 638 g/mol. The summed E-state index contributed by atoms with van der Waals surface area (Å²) >= 11 is 6.19. The Morgan fingerprint density at radius 3 is 2.19 bits per heavy atom. The normalized spacial score (nSPS) is 12.6. The van der Waals surface area contributed by atoms with Gasteiger partial charge in [0.15, 0.2) is 0 Å². The number of halogens is 4. The minimum absolute atomic E-state index is 0.0545. The van der Waals surface area contributed by atoms with E-state index >= 15 is 0 Å². The lowest BCUT2D eigenvalue weighted by Gasteiger charge is -2.34. The summed E-state index contributed by atoms with van der Waals surface area (Å²) in [5.74, 6) is -1.12. The Hall–Kier alpha value is -3.57. The lowest BCUT2D eigenvalue weighted by molar-refractivity contribution is -0.140. The van der Waals surface area contributed by atoms with Crippen molar-refractivity contribution < 1.29 is 31.2 Å². The SMILES string of the molecule is Cc1cccc(CN(C(=O)CN(c2cc(C(F)(F)F)ccc2Cl)S(C)(=O)=O)C(Cc2ccccc2)C(=O)NCC(C)C)c1. The van der Waals surface area contributed by atoms with Crippen LogP contribution < -0.4 is 9.62 Å². The molecule has 3 aromatic carbocycles. The molecule has 2 amide bonds. The Morgan fingerprint density at radius 2 is 1.60 bits per heavy atom. The number of hydrogen-bond acceptors (Lipinski definition) is 4. The zero-order valence-electron chi connectivity index (χ0n) is 24.4. The minimum Gasteiger partial charge on any atom is -0.354 e. The lowest BCUT2D eigenvalue weighted by Crippen LogP contribution is -2.53. The van der Waals surface area contributed by atoms with E-state index in [2.05, 4.69) is 5.32 Å². The maximum Gasteiger partial charge on any atom is 0.416 e. The van der Waals surface area contributed by atoms with Crippen LogP contribution in [0.3, 0.4) is 0 Å². The van der Waals surface area contributed by atoms with Gasteiger partial charge >= 0.3 is 6.18 Å². The van der Waals surface area contributed by atoms with E-state index in [4.69, 9.17) is 11.6 Å². The summed E-state index contributed by atoms with van der Waals surface area (Å²) in [5, 5.41) is 2.59. The van der Waals surface area contributed by atoms with Gasteiger partial charge < -0.3 is 10.2 Å². The number of nitrogens with one attached hydrogen (secondary N) is 1. The first kappa shape index (κ1) is 33.9. The quantitative estimate of drug-likeness (QED) is 0.270. The summed E-state index contributed by atoms with van der Waals surface area (Å²) < 4.78 is 66.9. The van der Waals surface area contributed by atoms with Crippen molar-refractivity contribution in [3.63, 3.8) is 0 Å². The van der Waals surface area contributed by atoms with Crippen LogP contribution in [0.5, 0.6) is 0 Å². The number of benzene rings is 3. The Labute approximate surface area is 255 Å². The van der Waals surface area contributed by atoms with Crippen molar-refractivity contribution in [2.24, 2.45) is 5.92 Å². The number of rotatable bonds is 12. The van der Waals surface area contributed by atoms with Gasteiger partial charge in [0, 0.05) is 19.5 Å². The van der Waals surface area contributed by atoms with Crippen LogP contribution in [0.1, 0.15) is 36.1 Å². The molecule has 7 nitrogen and oxygen atoms in total. The fourth-order valence-corrected chi connectivity index (χ4v) is 5.58. The molecule has 0 aliphatic heterocycles. The molecule has 1 unspecified atom stereocenters. The summed E-state index contributed by atoms with van der Waals surface area (Å²) in [6.07, 6.45) is -3.89. The standard InChI is InChI=1S/C31H35ClF3N3O4S/c1-21(2)18-36-30(40)28(16-23-10-6-5-7-11-23)37(19-24-12-8-9-22(3)15-24)29(39)20-38(43(4,41)42)27-17-25(31(33,34)35)13-14-26(27)32/h5-15,17,21,28H,16,18-20H2,1-4H3,(H,36,40). The number of anilines is 1. The molecule has 0 bridgehead atoms. The summed E-state index contributed by atoms with van der Waals surface area (Å²) in [6, 6.07) is 17.5. The lowest BCUT2D eigenvalue weighted by atomic mass is 10.0. The summed E-state index contributed by atoms with van der Waals surface area (Å²) in [4.78, 5) is 29.0. The second kappa shape index (κ2) is 14.3. The van der Waals surface area contributed by atoms with Crippen LogP contribution in [0.25, 0.3) is 0 Å². The number of amides is 2. The summed E-state index contributed by atoms with van der Waals surface area (Å²) in [7, 11) is -4.30. The number of carbonyl (C=O) groups excluding carboxylic acids is 2. The van der Waals surface area contributed by atoms with Gasteiger partial charge in [-0.1, -0.05) is 85.6 Å². The minimum atomic E-state index is -4.78. The molecular formula is C31H35ClF3N3O4S. The van der Waals surface area contributed by atoms with E-state index < -0.39 is 51.9 Å². The van der Waals surface area contributed by atoms with E-state index in [1.165, 1.54) is 4.90 Å². The van der Waals surface area contributed by atoms with E-state index in [1.54, 1.807) is 24.3 Å². The van der Waals surface area contributed by atoms with Crippen LogP contribution in [0.4, 0.5) is 18.9 Å². The highest BCUT2D eigenvalue weighted by molar-refractivity contribution is 7.92. The zero-order valence-corrected chi connectivity index (χ0v) is 25.9. The van der Waals surface area contributed by atoms with Crippen molar-refractivity contribution in [3.05, 3.63) is 100 Å². The molecule has 3 rings (SSSR count). The van der Waals surface area contributed by atoms with Gasteiger partial charge in [-0.15, -0.1) is 0 Å². The molecule has 0 aliphatic carbocycles. The Kier molecular flexibility index (Phi) is 11.3. The first-order valence-corrected chi connectivity index (χ1v) is 15.8. The third kappa shape index (κ3) is 9.72. The molecule has 0 spiro atoms. The van der Waals surface area contributed by atoms with E-state index in [1.807, 2.05) is 51.1 Å². The molecule has 12 heteroatoms. The van der Waals surface area contributed by atoms with Gasteiger partial charge in [-0.3, -0.25) is 13.9 Å². The van der Waals surface area contributed by atoms with Crippen molar-refractivity contribution in [2.45, 2.75) is 46.0 Å². The van der Waals surface area contributed by atoms with Gasteiger partial charge in [-0.25, -0.2) is 8.42 Å². The molecular weight excluding hydrogens is 603 g/mol. The van der Waals surface area contributed by atoms with Gasteiger partial charge in [0.05, 0.1) is 22.5 Å². The summed E-state index contributed by atoms with van der Waals surface area (Å²) in [6.45, 7) is 5.12. The van der Waals surface area contributed by atoms with Crippen molar-refractivity contribution in [3.8, 4) is 0 Å². The van der Waals surface area contributed by atoms with Crippen molar-refractivity contribution in [1.82, 2.24) is 10.2 Å². The Morgan fingerprint density at radius 1 is 0.953 bits per heavy atom. The average Bonchev–Trinajstić information content (AvgIpc) is 2.92. The molecule has 1 N–H and O–H groups in total. The smallest absolute Gasteiger partial charge is 0.354 e. The van der Waals surface area contributed by atoms with E-state index in [0.717, 1.165) is 29.5 Å². The van der Waals surface area contributed by atoms with E-state index in [-0.39, 0.29) is 23.9 Å². The number of aryl methyl sites for hydroxylation is 1. The molecule has 3 aromatic rings. The molecule has 0 saturated carbocycles. The molecule has 1 atom stereocenters. The number of alkyl halides is 3. The highest BCUT2D eigenvalue weighted by atomic mass is 35.5. The van der Waals surface area contributed by atoms with E-state index in [0.29, 0.717) is 22.5 Å². The number of carbonyl (C=O) groups is 2. The molecule has 0 aliphatic rings. The van der Waals surface area contributed by atoms with Crippen LogP contribution in [-0.4, -0.2) is 50.5 Å². The second-order valence-corrected chi connectivity index (χ2v) is 13.1. The third-order valence-corrected chi connectivity index (χ3v) is 8.06. The molecule has 0 radical (unpaired) electrons. The maximum absolute atomic E-state index is 14.1. The van der Waals surface area contributed by atoms with Crippen LogP contribution in [0.2, 0.25) is 5.02 Å². The maximum atomic E-state index is 14.1.